The third-order valence-corrected chi connectivity index (χ3v) is 5.15. The summed E-state index contributed by atoms with van der Waals surface area (Å²) in [4.78, 5) is 31.4. The van der Waals surface area contributed by atoms with Crippen molar-refractivity contribution in [1.29, 1.82) is 0 Å². The van der Waals surface area contributed by atoms with Crippen LogP contribution < -0.4 is 5.32 Å². The van der Waals surface area contributed by atoms with Crippen LogP contribution in [0.15, 0.2) is 41.7 Å². The molecule has 0 saturated heterocycles. The lowest BCUT2D eigenvalue weighted by Crippen LogP contribution is -2.25. The predicted octanol–water partition coefficient (Wildman–Crippen LogP) is 2.97. The SMILES string of the molecule is O=C(O)C1=C(NCC2CCCCC2)OC(=Cc2c[nH]c3ncccc23)C1=O. The van der Waals surface area contributed by atoms with Crippen LogP contribution in [0.25, 0.3) is 17.1 Å². The molecule has 0 radical (unpaired) electrons. The van der Waals surface area contributed by atoms with Crippen LogP contribution in [0.2, 0.25) is 0 Å². The number of aromatic amines is 1. The second kappa shape index (κ2) is 7.26. The molecule has 7 heteroatoms. The zero-order chi connectivity index (χ0) is 18.8. The van der Waals surface area contributed by atoms with Crippen molar-refractivity contribution in [2.45, 2.75) is 32.1 Å². The lowest BCUT2D eigenvalue weighted by molar-refractivity contribution is -0.134. The molecule has 3 N–H and O–H groups in total. The van der Waals surface area contributed by atoms with E-state index in [2.05, 4.69) is 15.3 Å². The smallest absolute Gasteiger partial charge is 0.345 e. The fourth-order valence-electron chi connectivity index (χ4n) is 3.71. The Kier molecular flexibility index (Phi) is 4.66. The van der Waals surface area contributed by atoms with Crippen LogP contribution in [0, 0.1) is 5.92 Å². The van der Waals surface area contributed by atoms with Crippen molar-refractivity contribution in [3.05, 3.63) is 47.3 Å². The number of H-pyrrole nitrogens is 1. The number of aliphatic carboxylic acids is 1. The Bertz CT molecular complexity index is 951. The Hall–Kier alpha value is -3.09. The first-order valence-electron chi connectivity index (χ1n) is 9.21. The summed E-state index contributed by atoms with van der Waals surface area (Å²) < 4.78 is 5.63. The van der Waals surface area contributed by atoms with Gasteiger partial charge in [-0.05, 0) is 37.0 Å². The third-order valence-electron chi connectivity index (χ3n) is 5.15. The van der Waals surface area contributed by atoms with Crippen molar-refractivity contribution < 1.29 is 19.4 Å². The minimum absolute atomic E-state index is 0.00305. The van der Waals surface area contributed by atoms with Gasteiger partial charge in [0.15, 0.2) is 11.3 Å². The van der Waals surface area contributed by atoms with E-state index in [0.29, 0.717) is 18.1 Å². The fraction of sp³-hybridized carbons (Fsp3) is 0.350. The summed E-state index contributed by atoms with van der Waals surface area (Å²) in [5, 5.41) is 13.4. The van der Waals surface area contributed by atoms with Crippen molar-refractivity contribution >= 4 is 28.9 Å². The number of ketones is 1. The number of fused-ring (bicyclic) bond motifs is 1. The lowest BCUT2D eigenvalue weighted by Gasteiger charge is -2.22. The van der Waals surface area contributed by atoms with Gasteiger partial charge in [0.2, 0.25) is 11.7 Å². The van der Waals surface area contributed by atoms with E-state index < -0.39 is 11.8 Å². The molecule has 3 heterocycles. The summed E-state index contributed by atoms with van der Waals surface area (Å²) in [6, 6.07) is 3.67. The summed E-state index contributed by atoms with van der Waals surface area (Å²) in [5.74, 6) is -1.37. The molecule has 140 valence electrons. The molecule has 0 bridgehead atoms. The number of aromatic nitrogens is 2. The van der Waals surface area contributed by atoms with Crippen LogP contribution in [0.3, 0.4) is 0 Å². The highest BCUT2D eigenvalue weighted by molar-refractivity contribution is 6.26. The summed E-state index contributed by atoms with van der Waals surface area (Å²) in [7, 11) is 0. The number of carboxylic acids is 1. The number of ether oxygens (including phenoxy) is 1. The molecule has 2 aromatic rings. The molecule has 4 rings (SSSR count). The quantitative estimate of drug-likeness (QED) is 0.554. The number of carbonyl (C=O) groups excluding carboxylic acids is 1. The summed E-state index contributed by atoms with van der Waals surface area (Å²) in [6.07, 6.45) is 10.8. The van der Waals surface area contributed by atoms with Crippen LogP contribution in [0.4, 0.5) is 0 Å². The van der Waals surface area contributed by atoms with Crippen LogP contribution in [0.1, 0.15) is 37.7 Å². The number of rotatable bonds is 5. The van der Waals surface area contributed by atoms with E-state index in [0.717, 1.165) is 23.8 Å². The Morgan fingerprint density at radius 2 is 2.19 bits per heavy atom. The molecular weight excluding hydrogens is 346 g/mol. The molecule has 2 aromatic heterocycles. The molecule has 0 aromatic carbocycles. The molecule has 1 aliphatic carbocycles. The van der Waals surface area contributed by atoms with E-state index in [1.165, 1.54) is 19.3 Å². The van der Waals surface area contributed by atoms with E-state index in [4.69, 9.17) is 4.74 Å². The fourth-order valence-corrected chi connectivity index (χ4v) is 3.71. The number of allylic oxidation sites excluding steroid dienone is 1. The second-order valence-electron chi connectivity index (χ2n) is 6.98. The lowest BCUT2D eigenvalue weighted by atomic mass is 9.89. The number of pyridine rings is 1. The number of Topliss-reactive ketones (excluding diaryl/α,β-unsaturated/α-hetero) is 1. The zero-order valence-electron chi connectivity index (χ0n) is 14.8. The molecule has 1 aliphatic heterocycles. The van der Waals surface area contributed by atoms with Crippen molar-refractivity contribution in [3.63, 3.8) is 0 Å². The van der Waals surface area contributed by atoms with Crippen LogP contribution >= 0.6 is 0 Å². The first-order valence-corrected chi connectivity index (χ1v) is 9.21. The van der Waals surface area contributed by atoms with Crippen molar-refractivity contribution in [2.75, 3.05) is 6.54 Å². The van der Waals surface area contributed by atoms with Gasteiger partial charge in [-0.1, -0.05) is 19.3 Å². The van der Waals surface area contributed by atoms with Crippen molar-refractivity contribution in [2.24, 2.45) is 5.92 Å². The van der Waals surface area contributed by atoms with Gasteiger partial charge < -0.3 is 20.1 Å². The van der Waals surface area contributed by atoms with Gasteiger partial charge in [0.1, 0.15) is 5.65 Å². The van der Waals surface area contributed by atoms with E-state index in [9.17, 15) is 14.7 Å². The summed E-state index contributed by atoms with van der Waals surface area (Å²) in [5.41, 5.74) is 1.08. The minimum atomic E-state index is -1.28. The highest BCUT2D eigenvalue weighted by Gasteiger charge is 2.36. The van der Waals surface area contributed by atoms with Gasteiger partial charge in [-0.25, -0.2) is 9.78 Å². The van der Waals surface area contributed by atoms with Gasteiger partial charge in [-0.2, -0.15) is 0 Å². The summed E-state index contributed by atoms with van der Waals surface area (Å²) in [6.45, 7) is 0.615. The van der Waals surface area contributed by atoms with Gasteiger partial charge >= 0.3 is 5.97 Å². The molecule has 27 heavy (non-hydrogen) atoms. The Labute approximate surface area is 156 Å². The highest BCUT2D eigenvalue weighted by Crippen LogP contribution is 2.29. The number of hydrogen-bond acceptors (Lipinski definition) is 5. The van der Waals surface area contributed by atoms with Crippen LogP contribution in [-0.2, 0) is 14.3 Å². The van der Waals surface area contributed by atoms with Crippen LogP contribution in [0.5, 0.6) is 0 Å². The van der Waals surface area contributed by atoms with Gasteiger partial charge in [0, 0.05) is 29.9 Å². The third kappa shape index (κ3) is 3.45. The molecule has 0 spiro atoms. The molecule has 0 atom stereocenters. The average Bonchev–Trinajstić information content (AvgIpc) is 3.22. The molecule has 0 amide bonds. The molecule has 0 unspecified atom stereocenters. The normalized spacial score (nSPS) is 19.7. The molecular formula is C20H21N3O4. The largest absolute Gasteiger partial charge is 0.477 e. The number of nitrogens with zero attached hydrogens (tertiary/aromatic N) is 1. The first kappa shape index (κ1) is 17.3. The van der Waals surface area contributed by atoms with Crippen LogP contribution in [-0.4, -0.2) is 33.4 Å². The van der Waals surface area contributed by atoms with Gasteiger partial charge in [-0.15, -0.1) is 0 Å². The topological polar surface area (TPSA) is 104 Å². The van der Waals surface area contributed by atoms with Crippen molar-refractivity contribution in [3.8, 4) is 0 Å². The maximum absolute atomic E-state index is 12.6. The van der Waals surface area contributed by atoms with Gasteiger partial charge in [0.25, 0.3) is 0 Å². The maximum atomic E-state index is 12.6. The van der Waals surface area contributed by atoms with E-state index >= 15 is 0 Å². The predicted molar refractivity (Wildman–Crippen MR) is 99.4 cm³/mol. The number of carboxylic acid groups (broad SMARTS) is 1. The highest BCUT2D eigenvalue weighted by atomic mass is 16.5. The molecule has 2 aliphatic rings. The number of nitrogens with one attached hydrogen (secondary N) is 2. The second-order valence-corrected chi connectivity index (χ2v) is 6.98. The number of hydrogen-bond donors (Lipinski definition) is 3. The van der Waals surface area contributed by atoms with E-state index in [1.807, 2.05) is 6.07 Å². The Morgan fingerprint density at radius 1 is 1.37 bits per heavy atom. The molecule has 7 nitrogen and oxygen atoms in total. The van der Waals surface area contributed by atoms with Crippen molar-refractivity contribution in [1.82, 2.24) is 15.3 Å². The van der Waals surface area contributed by atoms with Gasteiger partial charge in [0.05, 0.1) is 0 Å². The average molecular weight is 367 g/mol. The maximum Gasteiger partial charge on any atom is 0.345 e. The molecule has 1 saturated carbocycles. The minimum Gasteiger partial charge on any atom is -0.477 e. The van der Waals surface area contributed by atoms with E-state index in [-0.39, 0.29) is 17.2 Å². The van der Waals surface area contributed by atoms with Gasteiger partial charge in [-0.3, -0.25) is 4.79 Å². The monoisotopic (exact) mass is 367 g/mol. The Balaban J connectivity index is 1.56. The zero-order valence-corrected chi connectivity index (χ0v) is 14.8. The number of carbonyl (C=O) groups is 2. The van der Waals surface area contributed by atoms with E-state index in [1.54, 1.807) is 24.5 Å². The Morgan fingerprint density at radius 3 is 2.96 bits per heavy atom. The summed E-state index contributed by atoms with van der Waals surface area (Å²) >= 11 is 0. The standard InChI is InChI=1S/C20H21N3O4/c24-17-15(9-13-11-22-18-14(13)7-4-8-21-18)27-19(16(17)20(25)26)23-10-12-5-2-1-3-6-12/h4,7-9,11-12,23H,1-3,5-6,10H2,(H,21,22)(H,25,26). The first-order chi connectivity index (χ1) is 13.1. The molecule has 1 fully saturated rings.